The largest absolute Gasteiger partial charge is 0.459 e. The van der Waals surface area contributed by atoms with Crippen molar-refractivity contribution in [1.82, 2.24) is 0 Å². The molecule has 0 spiro atoms. The third-order valence-electron chi connectivity index (χ3n) is 4.92. The molecule has 6 heteroatoms. The summed E-state index contributed by atoms with van der Waals surface area (Å²) in [5.41, 5.74) is 1.53. The fraction of sp³-hybridized carbons (Fsp3) is 0.348. The summed E-state index contributed by atoms with van der Waals surface area (Å²) >= 11 is 0. The molecule has 1 aliphatic rings. The minimum atomic E-state index is -0.636. The Balaban J connectivity index is 1.92. The summed E-state index contributed by atoms with van der Waals surface area (Å²) in [5, 5.41) is 12.1. The van der Waals surface area contributed by atoms with Gasteiger partial charge in [0.15, 0.2) is 5.76 Å². The summed E-state index contributed by atoms with van der Waals surface area (Å²) in [6.45, 7) is 2.34. The minimum absolute atomic E-state index is 0.0521. The molecule has 0 saturated carbocycles. The summed E-state index contributed by atoms with van der Waals surface area (Å²) in [4.78, 5) is 12.8. The number of para-hydroxylation sites is 1. The molecule has 0 bridgehead atoms. The predicted molar refractivity (Wildman–Crippen MR) is 109 cm³/mol. The second-order valence-electron chi connectivity index (χ2n) is 6.90. The Labute approximate surface area is 170 Å². The zero-order chi connectivity index (χ0) is 20.6. The van der Waals surface area contributed by atoms with E-state index < -0.39 is 6.29 Å². The Bertz CT molecular complexity index is 823. The molecule has 0 aliphatic carbocycles. The Kier molecular flexibility index (Phi) is 7.38. The van der Waals surface area contributed by atoms with Crippen LogP contribution in [-0.4, -0.2) is 30.5 Å². The van der Waals surface area contributed by atoms with Crippen LogP contribution in [0.5, 0.6) is 0 Å². The first kappa shape index (κ1) is 21.0. The first-order valence-electron chi connectivity index (χ1n) is 9.85. The van der Waals surface area contributed by atoms with Crippen LogP contribution in [0.2, 0.25) is 0 Å². The quantitative estimate of drug-likeness (QED) is 0.698. The molecule has 2 aromatic carbocycles. The molecule has 2 N–H and O–H groups in total. The van der Waals surface area contributed by atoms with Crippen molar-refractivity contribution in [2.75, 3.05) is 18.5 Å². The third kappa shape index (κ3) is 5.43. The van der Waals surface area contributed by atoms with Gasteiger partial charge in [-0.15, -0.1) is 0 Å². The maximum Gasteiger partial charge on any atom is 0.290 e. The first-order chi connectivity index (χ1) is 14.1. The first-order valence-corrected chi connectivity index (χ1v) is 9.85. The number of hydrogen-bond donors (Lipinski definition) is 2. The van der Waals surface area contributed by atoms with Crippen molar-refractivity contribution >= 4 is 11.6 Å². The number of carbonyl (C=O) groups is 1. The highest BCUT2D eigenvalue weighted by Crippen LogP contribution is 2.39. The van der Waals surface area contributed by atoms with Gasteiger partial charge < -0.3 is 19.9 Å². The highest BCUT2D eigenvalue weighted by atomic mass is 19.1. The average Bonchev–Trinajstić information content (AvgIpc) is 2.74. The number of anilines is 1. The van der Waals surface area contributed by atoms with Gasteiger partial charge >= 0.3 is 0 Å². The highest BCUT2D eigenvalue weighted by molar-refractivity contribution is 6.02. The van der Waals surface area contributed by atoms with E-state index in [1.54, 1.807) is 30.3 Å². The van der Waals surface area contributed by atoms with E-state index in [9.17, 15) is 14.3 Å². The molecular formula is C23H26FNO4. The molecule has 1 heterocycles. The molecule has 0 fully saturated rings. The molecule has 1 amide bonds. The van der Waals surface area contributed by atoms with E-state index in [1.807, 2.05) is 25.1 Å². The molecule has 3 rings (SSSR count). The maximum atomic E-state index is 13.4. The van der Waals surface area contributed by atoms with Crippen molar-refractivity contribution in [1.29, 1.82) is 0 Å². The number of nitrogens with one attached hydrogen (secondary N) is 1. The lowest BCUT2D eigenvalue weighted by atomic mass is 9.80. The average molecular weight is 399 g/mol. The van der Waals surface area contributed by atoms with Crippen molar-refractivity contribution < 1.29 is 23.8 Å². The van der Waals surface area contributed by atoms with Crippen molar-refractivity contribution in [2.45, 2.75) is 32.0 Å². The van der Waals surface area contributed by atoms with Crippen LogP contribution in [0.15, 0.2) is 66.4 Å². The summed E-state index contributed by atoms with van der Waals surface area (Å²) in [6.07, 6.45) is 2.36. The molecule has 0 aromatic heterocycles. The van der Waals surface area contributed by atoms with Crippen LogP contribution >= 0.6 is 0 Å². The SMILES string of the molecule is CCO[C@H]1OC(C(=O)Nc2ccccc2)=C[C@@H](c2ccc(F)cc2)[C@H]1CCCO. The summed E-state index contributed by atoms with van der Waals surface area (Å²) < 4.78 is 25.2. The van der Waals surface area contributed by atoms with E-state index in [2.05, 4.69) is 5.32 Å². The number of halogens is 1. The van der Waals surface area contributed by atoms with Crippen LogP contribution in [0.4, 0.5) is 10.1 Å². The number of carbonyl (C=O) groups excluding carboxylic acids is 1. The lowest BCUT2D eigenvalue weighted by Crippen LogP contribution is -2.37. The molecule has 5 nitrogen and oxygen atoms in total. The fourth-order valence-electron chi connectivity index (χ4n) is 3.54. The van der Waals surface area contributed by atoms with E-state index in [0.717, 1.165) is 5.56 Å². The van der Waals surface area contributed by atoms with Crippen LogP contribution in [-0.2, 0) is 14.3 Å². The Morgan fingerprint density at radius 1 is 1.17 bits per heavy atom. The number of ether oxygens (including phenoxy) is 2. The fourth-order valence-corrected chi connectivity index (χ4v) is 3.54. The smallest absolute Gasteiger partial charge is 0.290 e. The second kappa shape index (κ2) is 10.2. The van der Waals surface area contributed by atoms with Crippen molar-refractivity contribution in [3.05, 3.63) is 77.8 Å². The van der Waals surface area contributed by atoms with E-state index >= 15 is 0 Å². The van der Waals surface area contributed by atoms with Gasteiger partial charge in [-0.3, -0.25) is 4.79 Å². The predicted octanol–water partition coefficient (Wildman–Crippen LogP) is 4.21. The van der Waals surface area contributed by atoms with Crippen molar-refractivity contribution in [2.24, 2.45) is 5.92 Å². The molecule has 2 aromatic rings. The number of rotatable bonds is 8. The van der Waals surface area contributed by atoms with Gasteiger partial charge in [0.05, 0.1) is 0 Å². The highest BCUT2D eigenvalue weighted by Gasteiger charge is 2.37. The van der Waals surface area contributed by atoms with Crippen molar-refractivity contribution in [3.8, 4) is 0 Å². The van der Waals surface area contributed by atoms with Crippen molar-refractivity contribution in [3.63, 3.8) is 0 Å². The molecular weight excluding hydrogens is 373 g/mol. The van der Waals surface area contributed by atoms with Gasteiger partial charge in [0.25, 0.3) is 5.91 Å². The molecule has 29 heavy (non-hydrogen) atoms. The zero-order valence-electron chi connectivity index (χ0n) is 16.4. The van der Waals surface area contributed by atoms with E-state index in [1.165, 1.54) is 12.1 Å². The van der Waals surface area contributed by atoms with Crippen LogP contribution in [0.25, 0.3) is 0 Å². The van der Waals surface area contributed by atoms with Gasteiger partial charge in [-0.1, -0.05) is 30.3 Å². The minimum Gasteiger partial charge on any atom is -0.459 e. The number of aliphatic hydroxyl groups excluding tert-OH is 1. The number of allylic oxidation sites excluding steroid dienone is 1. The topological polar surface area (TPSA) is 67.8 Å². The lowest BCUT2D eigenvalue weighted by molar-refractivity contribution is -0.165. The van der Waals surface area contributed by atoms with Crippen LogP contribution in [0.3, 0.4) is 0 Å². The number of aliphatic hydroxyl groups is 1. The summed E-state index contributed by atoms with van der Waals surface area (Å²) in [5.74, 6) is -0.833. The molecule has 0 radical (unpaired) electrons. The Morgan fingerprint density at radius 2 is 1.90 bits per heavy atom. The van der Waals surface area contributed by atoms with E-state index in [0.29, 0.717) is 25.1 Å². The van der Waals surface area contributed by atoms with Gasteiger partial charge in [-0.25, -0.2) is 4.39 Å². The van der Waals surface area contributed by atoms with Gasteiger partial charge in [0, 0.05) is 30.7 Å². The second-order valence-corrected chi connectivity index (χ2v) is 6.90. The maximum absolute atomic E-state index is 13.4. The normalized spacial score (nSPS) is 21.2. The van der Waals surface area contributed by atoms with Gasteiger partial charge in [-0.2, -0.15) is 0 Å². The number of amides is 1. The van der Waals surface area contributed by atoms with E-state index in [4.69, 9.17) is 9.47 Å². The van der Waals surface area contributed by atoms with Crippen LogP contribution in [0, 0.1) is 11.7 Å². The molecule has 1 aliphatic heterocycles. The van der Waals surface area contributed by atoms with Gasteiger partial charge in [-0.05, 0) is 55.7 Å². The van der Waals surface area contributed by atoms with Gasteiger partial charge in [0.2, 0.25) is 6.29 Å². The number of hydrogen-bond acceptors (Lipinski definition) is 4. The van der Waals surface area contributed by atoms with E-state index in [-0.39, 0.29) is 35.9 Å². The van der Waals surface area contributed by atoms with Crippen LogP contribution < -0.4 is 5.32 Å². The third-order valence-corrected chi connectivity index (χ3v) is 4.92. The number of benzene rings is 2. The van der Waals surface area contributed by atoms with Crippen LogP contribution in [0.1, 0.15) is 31.2 Å². The Hall–Kier alpha value is -2.70. The monoisotopic (exact) mass is 399 g/mol. The standard InChI is InChI=1S/C23H26FNO4/c1-2-28-23-19(9-6-14-26)20(16-10-12-17(24)13-11-16)15-21(29-23)22(27)25-18-7-4-3-5-8-18/h3-5,7-8,10-13,15,19-20,23,26H,2,6,9,14H2,1H3,(H,25,27)/t19-,20+,23+/m1/s1. The van der Waals surface area contributed by atoms with Gasteiger partial charge in [0.1, 0.15) is 5.82 Å². The summed E-state index contributed by atoms with van der Waals surface area (Å²) in [6, 6.07) is 15.4. The molecule has 0 saturated heterocycles. The lowest BCUT2D eigenvalue weighted by Gasteiger charge is -2.37. The molecule has 3 atom stereocenters. The summed E-state index contributed by atoms with van der Waals surface area (Å²) in [7, 11) is 0. The Morgan fingerprint density at radius 3 is 2.55 bits per heavy atom. The zero-order valence-corrected chi connectivity index (χ0v) is 16.4. The molecule has 154 valence electrons. The molecule has 0 unspecified atom stereocenters.